The van der Waals surface area contributed by atoms with Crippen LogP contribution in [0.5, 0.6) is 0 Å². The summed E-state index contributed by atoms with van der Waals surface area (Å²) in [5.74, 6) is -0.860. The molecule has 2 N–H and O–H groups in total. The number of carboxylic acid groups (broad SMARTS) is 1. The molecule has 1 atom stereocenters. The molecule has 0 bridgehead atoms. The second kappa shape index (κ2) is 6.31. The average molecular weight is 349 g/mol. The minimum Gasteiger partial charge on any atom is -0.480 e. The van der Waals surface area contributed by atoms with Crippen molar-refractivity contribution in [1.29, 1.82) is 0 Å². The van der Waals surface area contributed by atoms with E-state index in [1.54, 1.807) is 6.26 Å². The molecule has 5 nitrogen and oxygen atoms in total. The molecular formula is C18H23NO4S. The lowest BCUT2D eigenvalue weighted by molar-refractivity contribution is -0.181. The number of carbonyl (C=O) groups is 2. The monoisotopic (exact) mass is 349 g/mol. The fourth-order valence-corrected chi connectivity index (χ4v) is 4.67. The van der Waals surface area contributed by atoms with E-state index < -0.39 is 22.2 Å². The smallest absolute Gasteiger partial charge is 0.319 e. The van der Waals surface area contributed by atoms with Crippen molar-refractivity contribution in [2.24, 2.45) is 10.8 Å². The molecule has 1 aromatic carbocycles. The summed E-state index contributed by atoms with van der Waals surface area (Å²) in [7, 11) is -0.883. The largest absolute Gasteiger partial charge is 0.480 e. The standard InChI is InChI=1S/C18H23NO4S/c1-24(23)10-14-5-3-13(4-6-14)9-19-15(20)18(16(21)22)11-17(12-18)7-2-8-17/h3-6H,2,7-12H2,1H3,(H,19,20)(H,21,22). The Morgan fingerprint density at radius 2 is 1.75 bits per heavy atom. The van der Waals surface area contributed by atoms with Crippen LogP contribution in [0, 0.1) is 10.8 Å². The van der Waals surface area contributed by atoms with Gasteiger partial charge in [0.2, 0.25) is 5.91 Å². The summed E-state index contributed by atoms with van der Waals surface area (Å²) >= 11 is 0. The number of aliphatic carboxylic acids is 1. The summed E-state index contributed by atoms with van der Waals surface area (Å²) in [6.07, 6.45) is 5.86. The van der Waals surface area contributed by atoms with Crippen LogP contribution >= 0.6 is 0 Å². The van der Waals surface area contributed by atoms with Gasteiger partial charge in [0, 0.05) is 29.4 Å². The lowest BCUT2D eigenvalue weighted by atomic mass is 9.45. The first-order valence-corrected chi connectivity index (χ1v) is 9.98. The SMILES string of the molecule is CS(=O)Cc1ccc(CNC(=O)C2(C(=O)O)CC3(CCC3)C2)cc1. The molecule has 0 aliphatic heterocycles. The molecule has 1 amide bonds. The molecular weight excluding hydrogens is 326 g/mol. The first-order valence-electron chi connectivity index (χ1n) is 8.25. The number of carbonyl (C=O) groups excluding carboxylic acids is 1. The molecule has 2 aliphatic carbocycles. The molecule has 130 valence electrons. The summed E-state index contributed by atoms with van der Waals surface area (Å²) in [5, 5.41) is 12.3. The second-order valence-corrected chi connectivity index (χ2v) is 8.75. The Morgan fingerprint density at radius 1 is 1.17 bits per heavy atom. The van der Waals surface area contributed by atoms with Crippen LogP contribution in [0.4, 0.5) is 0 Å². The molecule has 0 aromatic heterocycles. The van der Waals surface area contributed by atoms with Gasteiger partial charge in [0.15, 0.2) is 0 Å². The van der Waals surface area contributed by atoms with Crippen molar-refractivity contribution in [3.05, 3.63) is 35.4 Å². The van der Waals surface area contributed by atoms with Gasteiger partial charge in [-0.05, 0) is 42.2 Å². The Hall–Kier alpha value is -1.69. The molecule has 0 saturated heterocycles. The Balaban J connectivity index is 1.58. The topological polar surface area (TPSA) is 83.5 Å². The van der Waals surface area contributed by atoms with Crippen molar-refractivity contribution in [3.63, 3.8) is 0 Å². The second-order valence-electron chi connectivity index (χ2n) is 7.31. The number of carboxylic acids is 1. The summed E-state index contributed by atoms with van der Waals surface area (Å²) < 4.78 is 11.2. The minimum atomic E-state index is -1.24. The fourth-order valence-electron chi connectivity index (χ4n) is 4.01. The predicted molar refractivity (Wildman–Crippen MR) is 91.6 cm³/mol. The molecule has 1 spiro atoms. The maximum absolute atomic E-state index is 12.5. The van der Waals surface area contributed by atoms with Crippen LogP contribution < -0.4 is 5.32 Å². The van der Waals surface area contributed by atoms with Gasteiger partial charge in [0.1, 0.15) is 5.41 Å². The van der Waals surface area contributed by atoms with Gasteiger partial charge in [-0.15, -0.1) is 0 Å². The van der Waals surface area contributed by atoms with Gasteiger partial charge in [0.25, 0.3) is 0 Å². The first-order chi connectivity index (χ1) is 11.4. The average Bonchev–Trinajstić information content (AvgIpc) is 2.43. The number of benzene rings is 1. The maximum Gasteiger partial charge on any atom is 0.319 e. The Kier molecular flexibility index (Phi) is 4.51. The summed E-state index contributed by atoms with van der Waals surface area (Å²) in [6.45, 7) is 0.316. The predicted octanol–water partition coefficient (Wildman–Crippen LogP) is 2.22. The highest BCUT2D eigenvalue weighted by atomic mass is 32.2. The molecule has 0 heterocycles. The third kappa shape index (κ3) is 3.11. The normalized spacial score (nSPS) is 21.4. The van der Waals surface area contributed by atoms with Gasteiger partial charge in [-0.2, -0.15) is 0 Å². The zero-order chi connectivity index (χ0) is 17.4. The number of hydrogen-bond donors (Lipinski definition) is 2. The van der Waals surface area contributed by atoms with E-state index >= 15 is 0 Å². The molecule has 2 saturated carbocycles. The van der Waals surface area contributed by atoms with E-state index in [2.05, 4.69) is 5.32 Å². The lowest BCUT2D eigenvalue weighted by Crippen LogP contribution is -2.61. The van der Waals surface area contributed by atoms with Crippen molar-refractivity contribution in [1.82, 2.24) is 5.32 Å². The fraction of sp³-hybridized carbons (Fsp3) is 0.556. The van der Waals surface area contributed by atoms with Crippen LogP contribution in [0.3, 0.4) is 0 Å². The van der Waals surface area contributed by atoms with E-state index in [0.29, 0.717) is 25.1 Å². The van der Waals surface area contributed by atoms with Gasteiger partial charge in [-0.3, -0.25) is 13.8 Å². The van der Waals surface area contributed by atoms with Crippen LogP contribution in [0.15, 0.2) is 24.3 Å². The van der Waals surface area contributed by atoms with Crippen molar-refractivity contribution in [3.8, 4) is 0 Å². The minimum absolute atomic E-state index is 0.118. The van der Waals surface area contributed by atoms with E-state index in [0.717, 1.165) is 30.4 Å². The molecule has 3 rings (SSSR count). The quantitative estimate of drug-likeness (QED) is 0.772. The van der Waals surface area contributed by atoms with E-state index in [1.165, 1.54) is 0 Å². The van der Waals surface area contributed by atoms with Crippen molar-refractivity contribution >= 4 is 22.7 Å². The molecule has 1 unspecified atom stereocenters. The molecule has 2 fully saturated rings. The lowest BCUT2D eigenvalue weighted by Gasteiger charge is -2.58. The molecule has 1 aromatic rings. The van der Waals surface area contributed by atoms with Crippen molar-refractivity contribution in [2.75, 3.05) is 6.26 Å². The van der Waals surface area contributed by atoms with E-state index in [-0.39, 0.29) is 11.3 Å². The summed E-state index contributed by atoms with van der Waals surface area (Å²) in [5.41, 5.74) is 0.776. The highest BCUT2D eigenvalue weighted by Gasteiger charge is 2.64. The van der Waals surface area contributed by atoms with Crippen LogP contribution in [-0.2, 0) is 32.7 Å². The number of rotatable bonds is 6. The highest BCUT2D eigenvalue weighted by molar-refractivity contribution is 7.83. The third-order valence-corrected chi connectivity index (χ3v) is 6.20. The highest BCUT2D eigenvalue weighted by Crippen LogP contribution is 2.64. The van der Waals surface area contributed by atoms with Crippen LogP contribution in [0.1, 0.15) is 43.2 Å². The Morgan fingerprint density at radius 3 is 2.21 bits per heavy atom. The van der Waals surface area contributed by atoms with E-state index in [4.69, 9.17) is 0 Å². The molecule has 0 radical (unpaired) electrons. The van der Waals surface area contributed by atoms with Crippen LogP contribution in [0.2, 0.25) is 0 Å². The van der Waals surface area contributed by atoms with Crippen molar-refractivity contribution in [2.45, 2.75) is 44.4 Å². The zero-order valence-corrected chi connectivity index (χ0v) is 14.7. The Bertz CT molecular complexity index is 671. The Labute approximate surface area is 144 Å². The van der Waals surface area contributed by atoms with Crippen molar-refractivity contribution < 1.29 is 18.9 Å². The zero-order valence-electron chi connectivity index (χ0n) is 13.8. The van der Waals surface area contributed by atoms with Crippen LogP contribution in [0.25, 0.3) is 0 Å². The number of hydrogen-bond acceptors (Lipinski definition) is 3. The first kappa shape index (κ1) is 17.1. The number of amides is 1. The maximum atomic E-state index is 12.5. The van der Waals surface area contributed by atoms with Gasteiger partial charge in [-0.25, -0.2) is 0 Å². The van der Waals surface area contributed by atoms with Crippen LogP contribution in [-0.4, -0.2) is 27.4 Å². The molecule has 24 heavy (non-hydrogen) atoms. The van der Waals surface area contributed by atoms with Gasteiger partial charge in [-0.1, -0.05) is 30.7 Å². The van der Waals surface area contributed by atoms with E-state index in [1.807, 2.05) is 24.3 Å². The number of nitrogens with one attached hydrogen (secondary N) is 1. The summed E-state index contributed by atoms with van der Waals surface area (Å²) in [4.78, 5) is 24.1. The summed E-state index contributed by atoms with van der Waals surface area (Å²) in [6, 6.07) is 7.54. The van der Waals surface area contributed by atoms with Gasteiger partial charge >= 0.3 is 5.97 Å². The van der Waals surface area contributed by atoms with Gasteiger partial charge < -0.3 is 10.4 Å². The van der Waals surface area contributed by atoms with Gasteiger partial charge in [0.05, 0.1) is 0 Å². The van der Waals surface area contributed by atoms with E-state index in [9.17, 15) is 18.9 Å². The third-order valence-electron chi connectivity index (χ3n) is 5.46. The molecule has 6 heteroatoms. The molecule has 2 aliphatic rings.